The van der Waals surface area contributed by atoms with Crippen LogP contribution in [0.2, 0.25) is 0 Å². The molecule has 4 nitrogen and oxygen atoms in total. The number of nitrogens with zero attached hydrogens (tertiary/aromatic N) is 2. The minimum atomic E-state index is -4.48. The zero-order valence-electron chi connectivity index (χ0n) is 16.5. The van der Waals surface area contributed by atoms with Crippen LogP contribution in [0, 0.1) is 10.5 Å². The van der Waals surface area contributed by atoms with Crippen molar-refractivity contribution in [2.45, 2.75) is 25.6 Å². The summed E-state index contributed by atoms with van der Waals surface area (Å²) in [6.07, 6.45) is -3.56. The number of carbonyl (C=O) groups excluding carboxylic acids is 1. The van der Waals surface area contributed by atoms with Gasteiger partial charge in [0.05, 0.1) is 16.9 Å². The van der Waals surface area contributed by atoms with Gasteiger partial charge >= 0.3 is 6.18 Å². The maximum atomic E-state index is 13.3. The van der Waals surface area contributed by atoms with Crippen molar-refractivity contribution >= 4 is 39.9 Å². The number of halogens is 4. The third-order valence-electron chi connectivity index (χ3n) is 5.24. The molecule has 1 aliphatic heterocycles. The number of alkyl halides is 3. The molecule has 0 saturated carbocycles. The molecule has 0 aromatic heterocycles. The van der Waals surface area contributed by atoms with Crippen LogP contribution in [0.1, 0.15) is 27.9 Å². The van der Waals surface area contributed by atoms with Crippen LogP contribution >= 0.6 is 22.6 Å². The van der Waals surface area contributed by atoms with E-state index in [9.17, 15) is 18.0 Å². The summed E-state index contributed by atoms with van der Waals surface area (Å²) in [7, 11) is 3.98. The second kappa shape index (κ2) is 8.51. The topological polar surface area (TPSA) is 35.6 Å². The highest BCUT2D eigenvalue weighted by molar-refractivity contribution is 14.1. The van der Waals surface area contributed by atoms with Gasteiger partial charge in [-0.2, -0.15) is 13.2 Å². The fourth-order valence-corrected chi connectivity index (χ4v) is 3.91. The van der Waals surface area contributed by atoms with Crippen molar-refractivity contribution in [2.24, 2.45) is 0 Å². The average molecular weight is 517 g/mol. The van der Waals surface area contributed by atoms with Crippen LogP contribution in [0.3, 0.4) is 0 Å². The van der Waals surface area contributed by atoms with Crippen molar-refractivity contribution in [1.29, 1.82) is 0 Å². The summed E-state index contributed by atoms with van der Waals surface area (Å²) in [5.41, 5.74) is 1.46. The van der Waals surface area contributed by atoms with E-state index in [-0.39, 0.29) is 5.69 Å². The van der Waals surface area contributed by atoms with Crippen LogP contribution in [0.15, 0.2) is 36.4 Å². The largest absolute Gasteiger partial charge is 0.416 e. The van der Waals surface area contributed by atoms with Crippen molar-refractivity contribution in [2.75, 3.05) is 37.4 Å². The van der Waals surface area contributed by atoms with Gasteiger partial charge in [0, 0.05) is 28.3 Å². The van der Waals surface area contributed by atoms with Crippen molar-refractivity contribution in [3.8, 4) is 0 Å². The third-order valence-corrected chi connectivity index (χ3v) is 6.40. The Morgan fingerprint density at radius 2 is 1.93 bits per heavy atom. The number of anilines is 2. The number of likely N-dealkylation sites (N-methyl/N-ethyl adjacent to an activating group) is 1. The summed E-state index contributed by atoms with van der Waals surface area (Å²) in [5, 5.41) is 2.71. The second-order valence-electron chi connectivity index (χ2n) is 7.50. The molecule has 1 fully saturated rings. The van der Waals surface area contributed by atoms with E-state index in [0.29, 0.717) is 23.8 Å². The number of hydrogen-bond acceptors (Lipinski definition) is 3. The molecular weight excluding hydrogens is 494 g/mol. The lowest BCUT2D eigenvalue weighted by Gasteiger charge is -2.25. The Bertz CT molecular complexity index is 915. The van der Waals surface area contributed by atoms with Crippen molar-refractivity contribution in [3.05, 3.63) is 56.7 Å². The number of rotatable bonds is 4. The van der Waals surface area contributed by atoms with Crippen molar-refractivity contribution in [3.63, 3.8) is 0 Å². The summed E-state index contributed by atoms with van der Waals surface area (Å²) in [6, 6.07) is 9.10. The van der Waals surface area contributed by atoms with Gasteiger partial charge in [0.1, 0.15) is 0 Å². The van der Waals surface area contributed by atoms with Gasteiger partial charge in [-0.3, -0.25) is 4.79 Å². The fraction of sp³-hybridized carbons (Fsp3) is 0.381. The van der Waals surface area contributed by atoms with E-state index in [4.69, 9.17) is 0 Å². The van der Waals surface area contributed by atoms with Crippen LogP contribution < -0.4 is 10.2 Å². The molecule has 3 rings (SSSR count). The number of aryl methyl sites for hydroxylation is 1. The monoisotopic (exact) mass is 517 g/mol. The molecule has 1 heterocycles. The molecule has 0 spiro atoms. The minimum Gasteiger partial charge on any atom is -0.368 e. The van der Waals surface area contributed by atoms with Crippen LogP contribution in [0.5, 0.6) is 0 Å². The third kappa shape index (κ3) is 5.03. The first-order valence-electron chi connectivity index (χ1n) is 9.26. The van der Waals surface area contributed by atoms with Crippen LogP contribution in [-0.4, -0.2) is 44.0 Å². The van der Waals surface area contributed by atoms with E-state index in [1.807, 2.05) is 32.0 Å². The molecule has 1 aliphatic rings. The summed E-state index contributed by atoms with van der Waals surface area (Å²) in [5.74, 6) is -0.424. The zero-order valence-corrected chi connectivity index (χ0v) is 18.6. The van der Waals surface area contributed by atoms with E-state index < -0.39 is 17.6 Å². The summed E-state index contributed by atoms with van der Waals surface area (Å²) in [4.78, 5) is 16.9. The Balaban J connectivity index is 1.93. The lowest BCUT2D eigenvalue weighted by atomic mass is 10.1. The molecule has 1 N–H and O–H groups in total. The van der Waals surface area contributed by atoms with Gasteiger partial charge in [-0.25, -0.2) is 0 Å². The number of benzene rings is 2. The lowest BCUT2D eigenvalue weighted by Crippen LogP contribution is -2.31. The van der Waals surface area contributed by atoms with Crippen molar-refractivity contribution < 1.29 is 18.0 Å². The molecule has 29 heavy (non-hydrogen) atoms. The first kappa shape index (κ1) is 21.9. The Hall–Kier alpha value is -1.81. The maximum absolute atomic E-state index is 13.3. The summed E-state index contributed by atoms with van der Waals surface area (Å²) < 4.78 is 40.7. The van der Waals surface area contributed by atoms with Gasteiger partial charge in [-0.05, 0) is 85.9 Å². The van der Waals surface area contributed by atoms with Gasteiger partial charge in [-0.15, -0.1) is 0 Å². The Labute approximate surface area is 182 Å². The van der Waals surface area contributed by atoms with Gasteiger partial charge in [0.2, 0.25) is 0 Å². The molecule has 2 aromatic rings. The maximum Gasteiger partial charge on any atom is 0.416 e. The van der Waals surface area contributed by atoms with Gasteiger partial charge in [0.25, 0.3) is 5.91 Å². The summed E-state index contributed by atoms with van der Waals surface area (Å²) in [6.45, 7) is 3.35. The van der Waals surface area contributed by atoms with E-state index in [1.165, 1.54) is 6.07 Å². The van der Waals surface area contributed by atoms with Gasteiger partial charge < -0.3 is 15.1 Å². The first-order valence-corrected chi connectivity index (χ1v) is 10.3. The van der Waals surface area contributed by atoms with Crippen LogP contribution in [0.4, 0.5) is 24.5 Å². The normalized spacial score (nSPS) is 17.1. The van der Waals surface area contributed by atoms with Gasteiger partial charge in [-0.1, -0.05) is 6.07 Å². The van der Waals surface area contributed by atoms with Gasteiger partial charge in [0.15, 0.2) is 0 Å². The zero-order chi connectivity index (χ0) is 21.3. The highest BCUT2D eigenvalue weighted by Crippen LogP contribution is 2.37. The number of nitrogens with one attached hydrogen (secondary N) is 1. The van der Waals surface area contributed by atoms with Crippen LogP contribution in [0.25, 0.3) is 0 Å². The summed E-state index contributed by atoms with van der Waals surface area (Å²) >= 11 is 2.13. The molecule has 1 saturated heterocycles. The van der Waals surface area contributed by atoms with E-state index in [2.05, 4.69) is 32.8 Å². The highest BCUT2D eigenvalue weighted by atomic mass is 127. The molecule has 0 bridgehead atoms. The predicted molar refractivity (Wildman–Crippen MR) is 118 cm³/mol. The minimum absolute atomic E-state index is 0.180. The molecule has 0 aliphatic carbocycles. The van der Waals surface area contributed by atoms with E-state index in [1.54, 1.807) is 12.1 Å². The lowest BCUT2D eigenvalue weighted by molar-refractivity contribution is -0.137. The Morgan fingerprint density at radius 3 is 2.52 bits per heavy atom. The Kier molecular flexibility index (Phi) is 6.42. The molecule has 0 radical (unpaired) electrons. The molecule has 8 heteroatoms. The standard InChI is InChI=1S/C21H23F3IN3O/c1-13-4-5-14(10-17(13)25)20(29)26-18-11-15(21(22,23)24)6-7-19(18)28-9-8-16(12-28)27(2)3/h4-7,10-11,16H,8-9,12H2,1-3H3,(H,26,29)/t16-/m1/s1. The first-order chi connectivity index (χ1) is 13.6. The molecule has 1 amide bonds. The van der Waals surface area contributed by atoms with E-state index in [0.717, 1.165) is 34.2 Å². The quantitative estimate of drug-likeness (QED) is 0.580. The molecule has 2 aromatic carbocycles. The highest BCUT2D eigenvalue weighted by Gasteiger charge is 2.33. The number of carbonyl (C=O) groups is 1. The molecular formula is C21H23F3IN3O. The average Bonchev–Trinajstić information content (AvgIpc) is 3.13. The molecule has 1 atom stereocenters. The SMILES string of the molecule is Cc1ccc(C(=O)Nc2cc(C(F)(F)F)ccc2N2CC[C@@H](N(C)C)C2)cc1I. The van der Waals surface area contributed by atoms with Crippen LogP contribution in [-0.2, 0) is 6.18 Å². The molecule has 0 unspecified atom stereocenters. The number of amides is 1. The number of hydrogen-bond donors (Lipinski definition) is 1. The predicted octanol–water partition coefficient (Wildman–Crippen LogP) is 5.01. The molecule has 156 valence electrons. The fourth-order valence-electron chi connectivity index (χ4n) is 3.40. The second-order valence-corrected chi connectivity index (χ2v) is 8.66. The van der Waals surface area contributed by atoms with E-state index >= 15 is 0 Å². The smallest absolute Gasteiger partial charge is 0.368 e. The van der Waals surface area contributed by atoms with Crippen molar-refractivity contribution in [1.82, 2.24) is 4.90 Å². The Morgan fingerprint density at radius 1 is 1.21 bits per heavy atom.